The van der Waals surface area contributed by atoms with E-state index in [-0.39, 0.29) is 5.56 Å². The SMILES string of the molecule is O=c1[nH]cnc2c1ncn2CCCN(CCCl)CCCl. The van der Waals surface area contributed by atoms with Crippen molar-refractivity contribution >= 4 is 34.4 Å². The topological polar surface area (TPSA) is 66.8 Å². The molecule has 0 bridgehead atoms. The third-order valence-corrected chi connectivity index (χ3v) is 3.42. The van der Waals surface area contributed by atoms with Crippen LogP contribution in [-0.2, 0) is 6.54 Å². The highest BCUT2D eigenvalue weighted by Gasteiger charge is 2.08. The molecule has 2 aromatic heterocycles. The molecule has 0 saturated heterocycles. The quantitative estimate of drug-likeness (QED) is 0.745. The number of nitrogens with zero attached hydrogens (tertiary/aromatic N) is 4. The Morgan fingerprint density at radius 2 is 1.95 bits per heavy atom. The number of aromatic nitrogens is 4. The number of H-pyrrole nitrogens is 1. The van der Waals surface area contributed by atoms with Crippen molar-refractivity contribution < 1.29 is 0 Å². The summed E-state index contributed by atoms with van der Waals surface area (Å²) >= 11 is 11.5. The van der Waals surface area contributed by atoms with Gasteiger partial charge in [-0.05, 0) is 13.0 Å². The second-order valence-corrected chi connectivity index (χ2v) is 5.17. The Morgan fingerprint density at radius 1 is 1.20 bits per heavy atom. The molecule has 0 aromatic carbocycles. The lowest BCUT2D eigenvalue weighted by atomic mass is 10.3. The summed E-state index contributed by atoms with van der Waals surface area (Å²) in [5, 5.41) is 0. The maximum atomic E-state index is 11.5. The van der Waals surface area contributed by atoms with Gasteiger partial charge < -0.3 is 14.5 Å². The average Bonchev–Trinajstić information content (AvgIpc) is 2.84. The molecule has 0 saturated carbocycles. The van der Waals surface area contributed by atoms with Crippen LogP contribution in [0.5, 0.6) is 0 Å². The van der Waals surface area contributed by atoms with E-state index in [1.165, 1.54) is 6.33 Å². The van der Waals surface area contributed by atoms with E-state index in [0.717, 1.165) is 32.6 Å². The molecular weight excluding hydrogens is 301 g/mol. The first kappa shape index (κ1) is 15.3. The van der Waals surface area contributed by atoms with Crippen molar-refractivity contribution in [3.05, 3.63) is 23.0 Å². The lowest BCUT2D eigenvalue weighted by molar-refractivity contribution is 0.297. The van der Waals surface area contributed by atoms with Crippen LogP contribution in [0, 0.1) is 0 Å². The van der Waals surface area contributed by atoms with Gasteiger partial charge in [-0.25, -0.2) is 9.97 Å². The summed E-state index contributed by atoms with van der Waals surface area (Å²) in [5.74, 6) is 1.20. The highest BCUT2D eigenvalue weighted by Crippen LogP contribution is 2.05. The largest absolute Gasteiger partial charge is 0.315 e. The minimum absolute atomic E-state index is 0.209. The lowest BCUT2D eigenvalue weighted by Crippen LogP contribution is -2.29. The molecule has 2 rings (SSSR count). The molecule has 0 unspecified atom stereocenters. The highest BCUT2D eigenvalue weighted by atomic mass is 35.5. The second-order valence-electron chi connectivity index (χ2n) is 4.41. The van der Waals surface area contributed by atoms with Gasteiger partial charge in [0.15, 0.2) is 11.2 Å². The smallest absolute Gasteiger partial charge is 0.278 e. The first-order valence-electron chi connectivity index (χ1n) is 6.49. The zero-order valence-electron chi connectivity index (χ0n) is 11.1. The van der Waals surface area contributed by atoms with Gasteiger partial charge in [-0.2, -0.15) is 0 Å². The van der Waals surface area contributed by atoms with Crippen LogP contribution in [0.3, 0.4) is 0 Å². The Morgan fingerprint density at radius 3 is 2.65 bits per heavy atom. The van der Waals surface area contributed by atoms with Gasteiger partial charge in [0.2, 0.25) is 0 Å². The fourth-order valence-corrected chi connectivity index (χ4v) is 2.57. The molecule has 20 heavy (non-hydrogen) atoms. The van der Waals surface area contributed by atoms with Crippen molar-refractivity contribution in [1.29, 1.82) is 0 Å². The van der Waals surface area contributed by atoms with Gasteiger partial charge >= 0.3 is 0 Å². The maximum absolute atomic E-state index is 11.5. The third kappa shape index (κ3) is 3.71. The number of halogens is 2. The Bertz CT molecular complexity index is 591. The molecule has 0 amide bonds. The Balaban J connectivity index is 1.95. The first-order valence-corrected chi connectivity index (χ1v) is 7.56. The van der Waals surface area contributed by atoms with Gasteiger partial charge in [0.25, 0.3) is 5.56 Å². The van der Waals surface area contributed by atoms with Crippen LogP contribution in [0.25, 0.3) is 11.2 Å². The van der Waals surface area contributed by atoms with Crippen LogP contribution in [0.4, 0.5) is 0 Å². The van der Waals surface area contributed by atoms with E-state index in [1.807, 2.05) is 4.57 Å². The van der Waals surface area contributed by atoms with Crippen LogP contribution >= 0.6 is 23.2 Å². The van der Waals surface area contributed by atoms with Gasteiger partial charge in [0, 0.05) is 31.4 Å². The molecule has 6 nitrogen and oxygen atoms in total. The zero-order chi connectivity index (χ0) is 14.4. The summed E-state index contributed by atoms with van der Waals surface area (Å²) in [6, 6.07) is 0. The van der Waals surface area contributed by atoms with Gasteiger partial charge in [-0.15, -0.1) is 23.2 Å². The summed E-state index contributed by atoms with van der Waals surface area (Å²) in [7, 11) is 0. The van der Waals surface area contributed by atoms with E-state index in [4.69, 9.17) is 23.2 Å². The summed E-state index contributed by atoms with van der Waals surface area (Å²) in [4.78, 5) is 24.5. The molecule has 0 fully saturated rings. The molecule has 2 aromatic rings. The van der Waals surface area contributed by atoms with Crippen LogP contribution < -0.4 is 5.56 Å². The summed E-state index contributed by atoms with van der Waals surface area (Å²) in [6.45, 7) is 3.32. The lowest BCUT2D eigenvalue weighted by Gasteiger charge is -2.19. The third-order valence-electron chi connectivity index (χ3n) is 3.08. The first-order chi connectivity index (χ1) is 9.76. The number of aryl methyl sites for hydroxylation is 1. The van der Waals surface area contributed by atoms with E-state index >= 15 is 0 Å². The van der Waals surface area contributed by atoms with E-state index < -0.39 is 0 Å². The predicted octanol–water partition coefficient (Wildman–Crippen LogP) is 1.29. The van der Waals surface area contributed by atoms with E-state index in [1.54, 1.807) is 6.33 Å². The number of alkyl halides is 2. The van der Waals surface area contributed by atoms with Gasteiger partial charge in [-0.3, -0.25) is 4.79 Å². The monoisotopic (exact) mass is 317 g/mol. The number of nitrogens with one attached hydrogen (secondary N) is 1. The number of rotatable bonds is 8. The predicted molar refractivity (Wildman–Crippen MR) is 80.6 cm³/mol. The average molecular weight is 318 g/mol. The van der Waals surface area contributed by atoms with Crippen molar-refractivity contribution in [2.75, 3.05) is 31.4 Å². The number of aromatic amines is 1. The Kier molecular flexibility index (Phi) is 5.82. The van der Waals surface area contributed by atoms with Crippen LogP contribution in [0.2, 0.25) is 0 Å². The molecule has 0 spiro atoms. The number of hydrogen-bond acceptors (Lipinski definition) is 4. The van der Waals surface area contributed by atoms with Gasteiger partial charge in [0.1, 0.15) is 0 Å². The minimum atomic E-state index is -0.209. The summed E-state index contributed by atoms with van der Waals surface area (Å²) < 4.78 is 1.89. The number of fused-ring (bicyclic) bond motifs is 1. The fraction of sp³-hybridized carbons (Fsp3) is 0.583. The maximum Gasteiger partial charge on any atom is 0.278 e. The van der Waals surface area contributed by atoms with Crippen molar-refractivity contribution in [2.24, 2.45) is 0 Å². The molecule has 0 radical (unpaired) electrons. The second kappa shape index (κ2) is 7.61. The molecular formula is C12H17Cl2N5O. The van der Waals surface area contributed by atoms with Crippen molar-refractivity contribution in [3.63, 3.8) is 0 Å². The summed E-state index contributed by atoms with van der Waals surface area (Å²) in [6.07, 6.45) is 3.98. The molecule has 2 heterocycles. The van der Waals surface area contributed by atoms with E-state index in [9.17, 15) is 4.79 Å². The summed E-state index contributed by atoms with van der Waals surface area (Å²) in [5.41, 5.74) is 0.792. The standard InChI is InChI=1S/C12H17Cl2N5O/c13-2-6-18(7-3-14)4-1-5-19-9-17-10-11(19)15-8-16-12(10)20/h8-9H,1-7H2,(H,15,16,20). The van der Waals surface area contributed by atoms with Crippen LogP contribution in [0.15, 0.2) is 17.4 Å². The molecule has 110 valence electrons. The Hall–Kier alpha value is -1.11. The van der Waals surface area contributed by atoms with Crippen molar-refractivity contribution in [1.82, 2.24) is 24.4 Å². The minimum Gasteiger partial charge on any atom is -0.315 e. The fourth-order valence-electron chi connectivity index (χ4n) is 2.09. The molecule has 0 atom stereocenters. The zero-order valence-corrected chi connectivity index (χ0v) is 12.6. The number of imidazole rings is 1. The van der Waals surface area contributed by atoms with E-state index in [0.29, 0.717) is 22.9 Å². The molecule has 0 aliphatic heterocycles. The normalized spacial score (nSPS) is 11.6. The molecule has 0 aliphatic carbocycles. The number of hydrogen-bond donors (Lipinski definition) is 1. The molecule has 8 heteroatoms. The molecule has 0 aliphatic rings. The Labute approximate surface area is 126 Å². The molecule has 1 N–H and O–H groups in total. The highest BCUT2D eigenvalue weighted by molar-refractivity contribution is 6.18. The van der Waals surface area contributed by atoms with Crippen molar-refractivity contribution in [2.45, 2.75) is 13.0 Å². The van der Waals surface area contributed by atoms with Gasteiger partial charge in [0.05, 0.1) is 12.7 Å². The van der Waals surface area contributed by atoms with Gasteiger partial charge in [-0.1, -0.05) is 0 Å². The van der Waals surface area contributed by atoms with E-state index in [2.05, 4.69) is 19.9 Å². The van der Waals surface area contributed by atoms with Crippen molar-refractivity contribution in [3.8, 4) is 0 Å². The van der Waals surface area contributed by atoms with Crippen LogP contribution in [-0.4, -0.2) is 55.8 Å². The van der Waals surface area contributed by atoms with Crippen LogP contribution in [0.1, 0.15) is 6.42 Å².